The van der Waals surface area contributed by atoms with Gasteiger partial charge in [-0.2, -0.15) is 0 Å². The van der Waals surface area contributed by atoms with Crippen molar-refractivity contribution in [3.8, 4) is 5.75 Å². The molecule has 0 radical (unpaired) electrons. The van der Waals surface area contributed by atoms with Crippen LogP contribution in [-0.4, -0.2) is 13.4 Å². The predicted octanol–water partition coefficient (Wildman–Crippen LogP) is 3.66. The first-order valence-corrected chi connectivity index (χ1v) is 6.01. The molecule has 2 aromatic carbocycles. The third kappa shape index (κ3) is 2.88. The van der Waals surface area contributed by atoms with Crippen LogP contribution in [0.1, 0.15) is 10.4 Å². The summed E-state index contributed by atoms with van der Waals surface area (Å²) >= 11 is 1.58. The van der Waals surface area contributed by atoms with Crippen molar-refractivity contribution >= 4 is 18.0 Å². The van der Waals surface area contributed by atoms with Crippen LogP contribution in [0.4, 0.5) is 0 Å². The molecule has 0 fully saturated rings. The van der Waals surface area contributed by atoms with Gasteiger partial charge < -0.3 is 4.74 Å². The van der Waals surface area contributed by atoms with E-state index < -0.39 is 0 Å². The quantitative estimate of drug-likeness (QED) is 0.768. The Kier molecular flexibility index (Phi) is 3.83. The second kappa shape index (κ2) is 5.55. The summed E-state index contributed by atoms with van der Waals surface area (Å²) in [6.07, 6.45) is 0.842. The minimum Gasteiger partial charge on any atom is -0.496 e. The van der Waals surface area contributed by atoms with Crippen LogP contribution < -0.4 is 4.74 Å². The van der Waals surface area contributed by atoms with Crippen molar-refractivity contribution in [1.82, 2.24) is 0 Å². The Hall–Kier alpha value is -1.74. The number of benzene rings is 2. The van der Waals surface area contributed by atoms with Gasteiger partial charge in [0.2, 0.25) is 0 Å². The molecule has 2 aromatic rings. The number of ether oxygens (including phenoxy) is 1. The lowest BCUT2D eigenvalue weighted by molar-refractivity contribution is 0.112. The van der Waals surface area contributed by atoms with E-state index in [2.05, 4.69) is 0 Å². The summed E-state index contributed by atoms with van der Waals surface area (Å²) in [4.78, 5) is 12.8. The zero-order valence-corrected chi connectivity index (χ0v) is 10.2. The molecule has 0 aliphatic heterocycles. The van der Waals surface area contributed by atoms with Crippen LogP contribution in [0.2, 0.25) is 0 Å². The molecule has 17 heavy (non-hydrogen) atoms. The third-order valence-electron chi connectivity index (χ3n) is 2.29. The Morgan fingerprint density at radius 2 is 1.88 bits per heavy atom. The van der Waals surface area contributed by atoms with Gasteiger partial charge in [0.1, 0.15) is 12.0 Å². The average Bonchev–Trinajstić information content (AvgIpc) is 2.40. The topological polar surface area (TPSA) is 26.3 Å². The Balaban J connectivity index is 2.33. The lowest BCUT2D eigenvalue weighted by Gasteiger charge is -2.08. The highest BCUT2D eigenvalue weighted by Gasteiger charge is 2.06. The molecule has 0 saturated heterocycles. The standard InChI is InChI=1S/C14H12O2S/c1-16-13-8-7-11(10-15)9-14(13)17-12-5-3-2-4-6-12/h2-10H,1H3. The highest BCUT2D eigenvalue weighted by atomic mass is 32.2. The molecule has 0 bridgehead atoms. The van der Waals surface area contributed by atoms with Crippen LogP contribution in [0.25, 0.3) is 0 Å². The molecule has 86 valence electrons. The number of aldehydes is 1. The molecule has 0 aliphatic carbocycles. The third-order valence-corrected chi connectivity index (χ3v) is 3.34. The highest BCUT2D eigenvalue weighted by molar-refractivity contribution is 7.99. The van der Waals surface area contributed by atoms with Crippen LogP contribution in [0.5, 0.6) is 5.75 Å². The normalized spacial score (nSPS) is 9.94. The van der Waals surface area contributed by atoms with Crippen molar-refractivity contribution in [2.75, 3.05) is 7.11 Å². The van der Waals surface area contributed by atoms with Crippen LogP contribution >= 0.6 is 11.8 Å². The fourth-order valence-corrected chi connectivity index (χ4v) is 2.46. The molecule has 0 atom stereocenters. The number of rotatable bonds is 4. The van der Waals surface area contributed by atoms with E-state index in [4.69, 9.17) is 4.74 Å². The first-order valence-electron chi connectivity index (χ1n) is 5.19. The van der Waals surface area contributed by atoms with E-state index in [0.29, 0.717) is 5.56 Å². The van der Waals surface area contributed by atoms with Gasteiger partial charge in [-0.05, 0) is 30.3 Å². The number of methoxy groups -OCH3 is 1. The number of carbonyl (C=O) groups is 1. The Morgan fingerprint density at radius 3 is 2.53 bits per heavy atom. The number of hydrogen-bond acceptors (Lipinski definition) is 3. The van der Waals surface area contributed by atoms with E-state index in [-0.39, 0.29) is 0 Å². The average molecular weight is 244 g/mol. The second-order valence-electron chi connectivity index (χ2n) is 3.44. The molecular weight excluding hydrogens is 232 g/mol. The lowest BCUT2D eigenvalue weighted by atomic mass is 10.2. The lowest BCUT2D eigenvalue weighted by Crippen LogP contribution is -1.88. The fourth-order valence-electron chi connectivity index (χ4n) is 1.46. The fraction of sp³-hybridized carbons (Fsp3) is 0.0714. The van der Waals surface area contributed by atoms with Gasteiger partial charge in [0.05, 0.1) is 12.0 Å². The van der Waals surface area contributed by atoms with E-state index in [1.54, 1.807) is 24.9 Å². The highest BCUT2D eigenvalue weighted by Crippen LogP contribution is 2.35. The largest absolute Gasteiger partial charge is 0.496 e. The van der Waals surface area contributed by atoms with E-state index in [0.717, 1.165) is 21.8 Å². The molecule has 2 rings (SSSR count). The number of hydrogen-bond donors (Lipinski definition) is 0. The molecule has 0 aliphatic rings. The molecular formula is C14H12O2S. The maximum Gasteiger partial charge on any atom is 0.150 e. The Bertz CT molecular complexity index is 509. The smallest absolute Gasteiger partial charge is 0.150 e. The van der Waals surface area contributed by atoms with Gasteiger partial charge in [-0.1, -0.05) is 30.0 Å². The Morgan fingerprint density at radius 1 is 1.12 bits per heavy atom. The second-order valence-corrected chi connectivity index (χ2v) is 4.56. The van der Waals surface area contributed by atoms with E-state index in [1.807, 2.05) is 42.5 Å². The Labute approximate surface area is 105 Å². The van der Waals surface area contributed by atoms with Crippen LogP contribution in [0.15, 0.2) is 58.3 Å². The van der Waals surface area contributed by atoms with Crippen molar-refractivity contribution < 1.29 is 9.53 Å². The summed E-state index contributed by atoms with van der Waals surface area (Å²) in [5.74, 6) is 0.782. The summed E-state index contributed by atoms with van der Waals surface area (Å²) in [6.45, 7) is 0. The molecule has 0 aromatic heterocycles. The molecule has 0 amide bonds. The van der Waals surface area contributed by atoms with E-state index >= 15 is 0 Å². The van der Waals surface area contributed by atoms with E-state index in [1.165, 1.54) is 0 Å². The van der Waals surface area contributed by atoms with Gasteiger partial charge in [-0.15, -0.1) is 0 Å². The maximum absolute atomic E-state index is 10.8. The monoisotopic (exact) mass is 244 g/mol. The van der Waals surface area contributed by atoms with Crippen LogP contribution in [0.3, 0.4) is 0 Å². The number of carbonyl (C=O) groups excluding carboxylic acids is 1. The van der Waals surface area contributed by atoms with Crippen LogP contribution in [0, 0.1) is 0 Å². The molecule has 0 saturated carbocycles. The zero-order valence-electron chi connectivity index (χ0n) is 9.42. The predicted molar refractivity (Wildman–Crippen MR) is 68.9 cm³/mol. The first kappa shape index (κ1) is 11.7. The molecule has 0 heterocycles. The van der Waals surface area contributed by atoms with Crippen molar-refractivity contribution in [1.29, 1.82) is 0 Å². The maximum atomic E-state index is 10.8. The van der Waals surface area contributed by atoms with Gasteiger partial charge in [0.25, 0.3) is 0 Å². The van der Waals surface area contributed by atoms with Crippen LogP contribution in [-0.2, 0) is 0 Å². The summed E-state index contributed by atoms with van der Waals surface area (Å²) in [5.41, 5.74) is 0.657. The molecule has 0 unspecified atom stereocenters. The molecule has 0 spiro atoms. The van der Waals surface area contributed by atoms with Crippen molar-refractivity contribution in [3.63, 3.8) is 0 Å². The molecule has 2 nitrogen and oxygen atoms in total. The van der Waals surface area contributed by atoms with Gasteiger partial charge in [-0.3, -0.25) is 4.79 Å². The van der Waals surface area contributed by atoms with Crippen molar-refractivity contribution in [2.45, 2.75) is 9.79 Å². The van der Waals surface area contributed by atoms with E-state index in [9.17, 15) is 4.79 Å². The van der Waals surface area contributed by atoms with Gasteiger partial charge in [-0.25, -0.2) is 0 Å². The van der Waals surface area contributed by atoms with Gasteiger partial charge in [0, 0.05) is 10.5 Å². The minimum atomic E-state index is 0.657. The summed E-state index contributed by atoms with van der Waals surface area (Å²) in [6, 6.07) is 15.4. The summed E-state index contributed by atoms with van der Waals surface area (Å²) < 4.78 is 5.28. The summed E-state index contributed by atoms with van der Waals surface area (Å²) in [5, 5.41) is 0. The first-order chi connectivity index (χ1) is 8.33. The summed E-state index contributed by atoms with van der Waals surface area (Å²) in [7, 11) is 1.63. The van der Waals surface area contributed by atoms with Gasteiger partial charge in [0.15, 0.2) is 0 Å². The molecule has 0 N–H and O–H groups in total. The molecule has 3 heteroatoms. The SMILES string of the molecule is COc1ccc(C=O)cc1Sc1ccccc1. The van der Waals surface area contributed by atoms with Crippen molar-refractivity contribution in [2.24, 2.45) is 0 Å². The van der Waals surface area contributed by atoms with Gasteiger partial charge >= 0.3 is 0 Å². The minimum absolute atomic E-state index is 0.657. The van der Waals surface area contributed by atoms with Crippen molar-refractivity contribution in [3.05, 3.63) is 54.1 Å². The zero-order chi connectivity index (χ0) is 12.1.